The second-order valence-corrected chi connectivity index (χ2v) is 19.6. The molecule has 0 unspecified atom stereocenters. The lowest BCUT2D eigenvalue weighted by molar-refractivity contribution is -0.298. The van der Waals surface area contributed by atoms with Crippen LogP contribution in [0.4, 0.5) is 0 Å². The van der Waals surface area contributed by atoms with Crippen LogP contribution < -0.4 is 10.6 Å². The molecule has 5 fully saturated rings. The minimum absolute atomic E-state index is 0.0000613. The van der Waals surface area contributed by atoms with Gasteiger partial charge in [0.2, 0.25) is 17.6 Å². The van der Waals surface area contributed by atoms with Crippen LogP contribution in [0.5, 0.6) is 0 Å². The number of ether oxygens (including phenoxy) is 6. The van der Waals surface area contributed by atoms with E-state index in [1.807, 2.05) is 60.7 Å². The van der Waals surface area contributed by atoms with Crippen LogP contribution >= 0.6 is 0 Å². The molecule has 3 aromatic carbocycles. The third kappa shape index (κ3) is 10.7. The Labute approximate surface area is 410 Å². The molecule has 0 spiro atoms. The van der Waals surface area contributed by atoms with Crippen molar-refractivity contribution in [3.63, 3.8) is 0 Å². The highest BCUT2D eigenvalue weighted by molar-refractivity contribution is 5.96. The van der Waals surface area contributed by atoms with Gasteiger partial charge in [-0.15, -0.1) is 0 Å². The number of aliphatic hydroxyl groups excluding tert-OH is 6. The topological polar surface area (TPSA) is 282 Å². The molecular weight excluding hydrogens is 927 g/mol. The summed E-state index contributed by atoms with van der Waals surface area (Å²) < 4.78 is 36.6. The highest BCUT2D eigenvalue weighted by Crippen LogP contribution is 2.59. The van der Waals surface area contributed by atoms with Crippen LogP contribution in [0, 0.1) is 5.41 Å². The summed E-state index contributed by atoms with van der Waals surface area (Å²) in [5, 5.41) is 68.2. The third-order valence-electron chi connectivity index (χ3n) is 13.4. The molecule has 2 bridgehead atoms. The van der Waals surface area contributed by atoms with Crippen molar-refractivity contribution in [2.24, 2.45) is 5.41 Å². The van der Waals surface area contributed by atoms with Crippen molar-refractivity contribution in [2.75, 3.05) is 19.8 Å². The molecule has 0 aromatic heterocycles. The van der Waals surface area contributed by atoms with Gasteiger partial charge in [-0.25, -0.2) is 0 Å². The number of nitrogens with zero attached hydrogens (tertiary/aromatic N) is 1. The van der Waals surface area contributed by atoms with Crippen LogP contribution in [-0.4, -0.2) is 164 Å². The molecule has 20 heteroatoms. The second kappa shape index (κ2) is 21.5. The molecular formula is C51H63N3O17. The molecule has 4 aliphatic heterocycles. The first kappa shape index (κ1) is 52.1. The quantitative estimate of drug-likeness (QED) is 0.0804. The lowest BCUT2D eigenvalue weighted by Crippen LogP contribution is -2.71. The summed E-state index contributed by atoms with van der Waals surface area (Å²) in [4.78, 5) is 63.2. The van der Waals surface area contributed by atoms with Crippen molar-refractivity contribution in [1.29, 1.82) is 0 Å². The van der Waals surface area contributed by atoms with Crippen molar-refractivity contribution in [3.8, 4) is 0 Å². The first-order valence-corrected chi connectivity index (χ1v) is 23.8. The van der Waals surface area contributed by atoms with Gasteiger partial charge in [0.15, 0.2) is 12.3 Å². The molecule has 1 saturated carbocycles. The third-order valence-corrected chi connectivity index (χ3v) is 13.4. The number of carbonyl (C=O) groups excluding carboxylic acids is 4. The molecule has 384 valence electrons. The number of rotatable bonds is 18. The monoisotopic (exact) mass is 989 g/mol. The van der Waals surface area contributed by atoms with E-state index in [9.17, 15) is 45.0 Å². The Morgan fingerprint density at radius 3 is 2.21 bits per heavy atom. The van der Waals surface area contributed by atoms with Gasteiger partial charge in [-0.2, -0.15) is 5.06 Å². The fourth-order valence-electron chi connectivity index (χ4n) is 10.1. The van der Waals surface area contributed by atoms with E-state index in [-0.39, 0.29) is 32.4 Å². The maximum atomic E-state index is 15.3. The van der Waals surface area contributed by atoms with Gasteiger partial charge < -0.3 is 69.7 Å². The van der Waals surface area contributed by atoms with Gasteiger partial charge >= 0.3 is 11.9 Å². The van der Waals surface area contributed by atoms with Crippen LogP contribution in [0.2, 0.25) is 0 Å². The highest BCUT2D eigenvalue weighted by atomic mass is 16.8. The molecule has 2 amide bonds. The Balaban J connectivity index is 1.08. The Hall–Kier alpha value is -5.20. The summed E-state index contributed by atoms with van der Waals surface area (Å²) in [6.45, 7) is 5.15. The van der Waals surface area contributed by atoms with E-state index in [1.54, 1.807) is 57.2 Å². The Morgan fingerprint density at radius 1 is 0.901 bits per heavy atom. The number of fused-ring (bicyclic) bond motifs is 4. The smallest absolute Gasteiger partial charge is 0.327 e. The molecule has 71 heavy (non-hydrogen) atoms. The molecule has 4 heterocycles. The molecule has 8 N–H and O–H groups in total. The zero-order chi connectivity index (χ0) is 50.8. The number of nitrogens with one attached hydrogen (secondary N) is 2. The molecule has 0 radical (unpaired) electrons. The Kier molecular flexibility index (Phi) is 15.8. The van der Waals surface area contributed by atoms with E-state index in [2.05, 4.69) is 10.6 Å². The maximum absolute atomic E-state index is 15.3. The molecule has 5 aliphatic rings. The van der Waals surface area contributed by atoms with Gasteiger partial charge in [-0.3, -0.25) is 24.0 Å². The first-order chi connectivity index (χ1) is 33.9. The number of carbonyl (C=O) groups is 4. The standard InChI is InChI=1S/C51H63N3O17/c1-28(57)37(45(62)52-33(26-55)20-21-36(58)68-49(2,3)4)53-48(64)50-24-34-41-42(70-51(69-41,31-16-7-5-8-17-31)32-18-9-6-10-19-32)44(50)71-54(43(50)46(63)66-34)25-30-14-11-13-29(23-30)15-12-22-65-47-40(61)39(60)38(59)35(27-56)67-47/h5-19,23,28,33-35,37-44,47,55-57,59-61H,20-22,24-27H2,1-4H3,(H,52,62)(H,53,64)/t28-,33-,34+,35+,37+,38-,39-,40+,41-,42-,43-,44+,47-,50-/m0/s1. The molecule has 14 atom stereocenters. The van der Waals surface area contributed by atoms with Gasteiger partial charge in [0.25, 0.3) is 0 Å². The van der Waals surface area contributed by atoms with Crippen LogP contribution in [-0.2, 0) is 64.8 Å². The minimum atomic E-state index is -1.80. The summed E-state index contributed by atoms with van der Waals surface area (Å²) in [7, 11) is 0. The summed E-state index contributed by atoms with van der Waals surface area (Å²) in [6.07, 6.45) is -9.80. The number of aliphatic hydroxyl groups is 6. The summed E-state index contributed by atoms with van der Waals surface area (Å²) >= 11 is 0. The molecule has 20 nitrogen and oxygen atoms in total. The fourth-order valence-corrected chi connectivity index (χ4v) is 10.1. The van der Waals surface area contributed by atoms with Crippen molar-refractivity contribution in [1.82, 2.24) is 15.7 Å². The van der Waals surface area contributed by atoms with E-state index >= 15 is 4.79 Å². The van der Waals surface area contributed by atoms with Gasteiger partial charge in [-0.05, 0) is 45.2 Å². The number of esters is 2. The average molecular weight is 990 g/mol. The molecule has 3 aromatic rings. The molecule has 1 aliphatic carbocycles. The van der Waals surface area contributed by atoms with Gasteiger partial charge in [0, 0.05) is 24.0 Å². The van der Waals surface area contributed by atoms with E-state index in [4.69, 9.17) is 33.3 Å². The number of benzene rings is 3. The van der Waals surface area contributed by atoms with E-state index in [0.717, 1.165) is 0 Å². The normalized spacial score (nSPS) is 31.3. The van der Waals surface area contributed by atoms with Gasteiger partial charge in [0.05, 0.1) is 38.5 Å². The molecule has 4 saturated heterocycles. The predicted octanol–water partition coefficient (Wildman–Crippen LogP) is 0.466. The lowest BCUT2D eigenvalue weighted by Gasteiger charge is -2.49. The van der Waals surface area contributed by atoms with E-state index in [0.29, 0.717) is 22.3 Å². The minimum Gasteiger partial charge on any atom is -0.460 e. The lowest BCUT2D eigenvalue weighted by atomic mass is 9.62. The van der Waals surface area contributed by atoms with E-state index in [1.165, 1.54) is 12.0 Å². The number of hydrogen-bond donors (Lipinski definition) is 8. The maximum Gasteiger partial charge on any atom is 0.327 e. The number of amides is 2. The van der Waals surface area contributed by atoms with E-state index < -0.39 is 133 Å². The summed E-state index contributed by atoms with van der Waals surface area (Å²) in [5.41, 5.74) is 0.0269. The van der Waals surface area contributed by atoms with Crippen molar-refractivity contribution in [3.05, 3.63) is 113 Å². The van der Waals surface area contributed by atoms with Crippen molar-refractivity contribution < 1.29 is 83.1 Å². The van der Waals surface area contributed by atoms with Crippen molar-refractivity contribution in [2.45, 2.75) is 144 Å². The van der Waals surface area contributed by atoms with Crippen LogP contribution in [0.25, 0.3) is 6.08 Å². The van der Waals surface area contributed by atoms with Crippen molar-refractivity contribution >= 4 is 29.8 Å². The zero-order valence-electron chi connectivity index (χ0n) is 39.8. The first-order valence-electron chi connectivity index (χ1n) is 23.8. The Bertz CT molecular complexity index is 2340. The molecule has 8 rings (SSSR count). The zero-order valence-corrected chi connectivity index (χ0v) is 39.8. The van der Waals surface area contributed by atoms with Crippen LogP contribution in [0.15, 0.2) is 91.0 Å². The van der Waals surface area contributed by atoms with Crippen LogP contribution in [0.3, 0.4) is 0 Å². The van der Waals surface area contributed by atoms with Gasteiger partial charge in [0.1, 0.15) is 65.9 Å². The number of hydrogen-bond acceptors (Lipinski definition) is 18. The predicted molar refractivity (Wildman–Crippen MR) is 247 cm³/mol. The largest absolute Gasteiger partial charge is 0.460 e. The fraction of sp³-hybridized carbons (Fsp3) is 0.529. The SMILES string of the molecule is C[C@H](O)[C@@H](NC(=O)[C@@]12C[C@H]3OC(=O)[C@@H]1N(Cc1cccc(C=CCO[C@H]4O[C@H](CO)[C@H](O)[C@H](O)[C@H]4O)c1)O[C@@H]2[C@H]1OC(c2ccccc2)(c2ccccc2)O[C@H]13)C(=O)N[C@H](CO)CCC(=O)OC(C)(C)C. The van der Waals surface area contributed by atoms with Crippen LogP contribution in [0.1, 0.15) is 69.2 Å². The second-order valence-electron chi connectivity index (χ2n) is 19.6. The summed E-state index contributed by atoms with van der Waals surface area (Å²) in [6, 6.07) is 21.6. The highest BCUT2D eigenvalue weighted by Gasteiger charge is 2.77. The van der Waals surface area contributed by atoms with Gasteiger partial charge in [-0.1, -0.05) is 97.1 Å². The number of hydroxylamine groups is 2. The Morgan fingerprint density at radius 2 is 1.58 bits per heavy atom. The summed E-state index contributed by atoms with van der Waals surface area (Å²) in [5.74, 6) is -4.53. The average Bonchev–Trinajstić information content (AvgIpc) is 3.93.